The molecule has 2 aromatic carbocycles. The molecular formula is C18H16ClN3O5S. The number of anilines is 2. The molecule has 0 radical (unpaired) electrons. The smallest absolute Gasteiger partial charge is 0.263 e. The Bertz CT molecular complexity index is 1080. The van der Waals surface area contributed by atoms with Crippen molar-refractivity contribution in [2.75, 3.05) is 16.6 Å². The summed E-state index contributed by atoms with van der Waals surface area (Å²) in [5, 5.41) is 6.71. The third-order valence-electron chi connectivity index (χ3n) is 3.48. The Labute approximate surface area is 166 Å². The molecule has 0 aliphatic carbocycles. The number of hydrogen-bond donors (Lipinski definition) is 2. The molecule has 0 bridgehead atoms. The lowest BCUT2D eigenvalue weighted by Crippen LogP contribution is -2.20. The van der Waals surface area contributed by atoms with Crippen LogP contribution in [0.5, 0.6) is 5.75 Å². The van der Waals surface area contributed by atoms with E-state index in [0.717, 1.165) is 0 Å². The fourth-order valence-corrected chi connectivity index (χ4v) is 3.40. The van der Waals surface area contributed by atoms with Crippen LogP contribution < -0.4 is 14.8 Å². The fraction of sp³-hybridized carbons (Fsp3) is 0.111. The van der Waals surface area contributed by atoms with Crippen LogP contribution in [0.2, 0.25) is 5.02 Å². The Kier molecular flexibility index (Phi) is 5.86. The summed E-state index contributed by atoms with van der Waals surface area (Å²) in [5.74, 6) is 0.647. The summed E-state index contributed by atoms with van der Waals surface area (Å²) < 4.78 is 37.1. The standard InChI is InChI=1S/C18H16ClN3O5S/c1-12-9-17(21-27-12)22-28(24,25)16-7-5-14(6-8-16)20-18(23)11-26-15-4-2-3-13(19)10-15/h2-10H,11H2,1H3,(H,20,23)(H,21,22). The maximum Gasteiger partial charge on any atom is 0.263 e. The summed E-state index contributed by atoms with van der Waals surface area (Å²) in [6.45, 7) is 1.44. The maximum atomic E-state index is 12.3. The molecule has 28 heavy (non-hydrogen) atoms. The Morgan fingerprint density at radius 3 is 2.57 bits per heavy atom. The van der Waals surface area contributed by atoms with Crippen LogP contribution in [0.1, 0.15) is 5.76 Å². The SMILES string of the molecule is Cc1cc(NS(=O)(=O)c2ccc(NC(=O)COc3cccc(Cl)c3)cc2)no1. The van der Waals surface area contributed by atoms with Crippen molar-refractivity contribution < 1.29 is 22.5 Å². The van der Waals surface area contributed by atoms with Crippen LogP contribution in [-0.2, 0) is 14.8 Å². The summed E-state index contributed by atoms with van der Waals surface area (Å²) in [7, 11) is -3.82. The molecule has 10 heteroatoms. The molecule has 0 unspecified atom stereocenters. The molecule has 146 valence electrons. The van der Waals surface area contributed by atoms with Crippen molar-refractivity contribution in [2.45, 2.75) is 11.8 Å². The van der Waals surface area contributed by atoms with Gasteiger partial charge in [0, 0.05) is 16.8 Å². The van der Waals surface area contributed by atoms with Gasteiger partial charge in [-0.15, -0.1) is 0 Å². The third kappa shape index (κ3) is 5.24. The summed E-state index contributed by atoms with van der Waals surface area (Å²) in [6.07, 6.45) is 0. The molecule has 1 amide bonds. The first-order valence-corrected chi connectivity index (χ1v) is 9.92. The molecular weight excluding hydrogens is 406 g/mol. The first-order chi connectivity index (χ1) is 13.3. The lowest BCUT2D eigenvalue weighted by molar-refractivity contribution is -0.118. The largest absolute Gasteiger partial charge is 0.484 e. The second kappa shape index (κ2) is 8.32. The number of aryl methyl sites for hydroxylation is 1. The number of nitrogens with zero attached hydrogens (tertiary/aromatic N) is 1. The molecule has 0 aliphatic rings. The molecule has 0 aliphatic heterocycles. The zero-order chi connectivity index (χ0) is 20.1. The van der Waals surface area contributed by atoms with Gasteiger partial charge in [-0.05, 0) is 49.4 Å². The molecule has 0 atom stereocenters. The van der Waals surface area contributed by atoms with E-state index in [1.807, 2.05) is 0 Å². The fourth-order valence-electron chi connectivity index (χ4n) is 2.23. The van der Waals surface area contributed by atoms with Gasteiger partial charge in [-0.25, -0.2) is 8.42 Å². The zero-order valence-electron chi connectivity index (χ0n) is 14.7. The minimum absolute atomic E-state index is 0.0151. The lowest BCUT2D eigenvalue weighted by Gasteiger charge is -2.09. The average molecular weight is 422 g/mol. The molecule has 0 saturated heterocycles. The van der Waals surface area contributed by atoms with Crippen LogP contribution in [0, 0.1) is 6.92 Å². The van der Waals surface area contributed by atoms with Crippen LogP contribution in [-0.4, -0.2) is 26.1 Å². The Balaban J connectivity index is 1.58. The van der Waals surface area contributed by atoms with Gasteiger partial charge in [0.1, 0.15) is 11.5 Å². The Morgan fingerprint density at radius 1 is 1.18 bits per heavy atom. The second-order valence-electron chi connectivity index (χ2n) is 5.75. The van der Waals surface area contributed by atoms with Crippen LogP contribution in [0.25, 0.3) is 0 Å². The molecule has 1 aromatic heterocycles. The van der Waals surface area contributed by atoms with Crippen molar-refractivity contribution in [3.05, 3.63) is 65.4 Å². The third-order valence-corrected chi connectivity index (χ3v) is 5.09. The molecule has 2 N–H and O–H groups in total. The molecule has 0 saturated carbocycles. The highest BCUT2D eigenvalue weighted by atomic mass is 35.5. The number of halogens is 1. The topological polar surface area (TPSA) is 111 Å². The van der Waals surface area contributed by atoms with Crippen LogP contribution in [0.3, 0.4) is 0 Å². The van der Waals surface area contributed by atoms with Crippen molar-refractivity contribution in [3.8, 4) is 5.75 Å². The van der Waals surface area contributed by atoms with Gasteiger partial charge in [-0.1, -0.05) is 22.8 Å². The van der Waals surface area contributed by atoms with E-state index in [4.69, 9.17) is 20.9 Å². The molecule has 0 spiro atoms. The lowest BCUT2D eigenvalue weighted by atomic mass is 10.3. The maximum absolute atomic E-state index is 12.3. The normalized spacial score (nSPS) is 11.1. The minimum Gasteiger partial charge on any atom is -0.484 e. The zero-order valence-corrected chi connectivity index (χ0v) is 16.3. The van der Waals surface area contributed by atoms with E-state index in [2.05, 4.69) is 15.2 Å². The monoisotopic (exact) mass is 421 g/mol. The van der Waals surface area contributed by atoms with Crippen molar-refractivity contribution >= 4 is 39.0 Å². The van der Waals surface area contributed by atoms with Crippen molar-refractivity contribution in [3.63, 3.8) is 0 Å². The molecule has 0 fully saturated rings. The minimum atomic E-state index is -3.82. The van der Waals surface area contributed by atoms with E-state index in [0.29, 0.717) is 22.2 Å². The summed E-state index contributed by atoms with van der Waals surface area (Å²) in [6, 6.07) is 13.8. The quantitative estimate of drug-likeness (QED) is 0.604. The first kappa shape index (κ1) is 19.7. The van der Waals surface area contributed by atoms with Gasteiger partial charge in [-0.2, -0.15) is 0 Å². The number of sulfonamides is 1. The summed E-state index contributed by atoms with van der Waals surface area (Å²) in [5.41, 5.74) is 0.427. The van der Waals surface area contributed by atoms with Gasteiger partial charge in [0.2, 0.25) is 0 Å². The highest BCUT2D eigenvalue weighted by molar-refractivity contribution is 7.92. The van der Waals surface area contributed by atoms with Gasteiger partial charge in [0.25, 0.3) is 15.9 Å². The molecule has 3 aromatic rings. The second-order valence-corrected chi connectivity index (χ2v) is 7.87. The van der Waals surface area contributed by atoms with Crippen LogP contribution in [0.4, 0.5) is 11.5 Å². The number of carbonyl (C=O) groups is 1. The van der Waals surface area contributed by atoms with E-state index >= 15 is 0 Å². The number of ether oxygens (including phenoxy) is 1. The van der Waals surface area contributed by atoms with Crippen LogP contribution >= 0.6 is 11.6 Å². The van der Waals surface area contributed by atoms with E-state index < -0.39 is 15.9 Å². The number of benzene rings is 2. The average Bonchev–Trinajstić information content (AvgIpc) is 3.04. The van der Waals surface area contributed by atoms with Gasteiger partial charge in [0.05, 0.1) is 4.90 Å². The van der Waals surface area contributed by atoms with E-state index in [9.17, 15) is 13.2 Å². The van der Waals surface area contributed by atoms with Crippen molar-refractivity contribution in [1.29, 1.82) is 0 Å². The first-order valence-electron chi connectivity index (χ1n) is 8.06. The molecule has 1 heterocycles. The Hall–Kier alpha value is -3.04. The molecule has 8 nitrogen and oxygen atoms in total. The predicted octanol–water partition coefficient (Wildman–Crippen LogP) is 3.45. The summed E-state index contributed by atoms with van der Waals surface area (Å²) in [4.78, 5) is 12.0. The number of amides is 1. The number of rotatable bonds is 7. The number of hydrogen-bond acceptors (Lipinski definition) is 6. The van der Waals surface area contributed by atoms with Crippen LogP contribution in [0.15, 0.2) is 64.0 Å². The Morgan fingerprint density at radius 2 is 1.93 bits per heavy atom. The number of carbonyl (C=O) groups excluding carboxylic acids is 1. The highest BCUT2D eigenvalue weighted by Gasteiger charge is 2.16. The van der Waals surface area contributed by atoms with Gasteiger partial charge >= 0.3 is 0 Å². The van der Waals surface area contributed by atoms with Gasteiger partial charge in [-0.3, -0.25) is 9.52 Å². The number of aromatic nitrogens is 1. The van der Waals surface area contributed by atoms with Gasteiger partial charge < -0.3 is 14.6 Å². The van der Waals surface area contributed by atoms with Crippen molar-refractivity contribution in [1.82, 2.24) is 5.16 Å². The number of nitrogens with one attached hydrogen (secondary N) is 2. The highest BCUT2D eigenvalue weighted by Crippen LogP contribution is 2.19. The van der Waals surface area contributed by atoms with E-state index in [1.54, 1.807) is 31.2 Å². The molecule has 3 rings (SSSR count). The van der Waals surface area contributed by atoms with Crippen molar-refractivity contribution in [2.24, 2.45) is 0 Å². The predicted molar refractivity (Wildman–Crippen MR) is 104 cm³/mol. The summed E-state index contributed by atoms with van der Waals surface area (Å²) >= 11 is 5.85. The van der Waals surface area contributed by atoms with E-state index in [1.165, 1.54) is 30.3 Å². The van der Waals surface area contributed by atoms with E-state index in [-0.39, 0.29) is 17.3 Å². The van der Waals surface area contributed by atoms with Gasteiger partial charge in [0.15, 0.2) is 12.4 Å².